The Kier molecular flexibility index (Phi) is 5.99. The molecule has 0 aliphatic rings. The predicted molar refractivity (Wildman–Crippen MR) is 118 cm³/mol. The third-order valence-electron chi connectivity index (χ3n) is 4.79. The molecule has 32 heavy (non-hydrogen) atoms. The number of rotatable bonds is 7. The van der Waals surface area contributed by atoms with Crippen molar-refractivity contribution in [2.45, 2.75) is 6.61 Å². The fourth-order valence-electron chi connectivity index (χ4n) is 3.10. The maximum Gasteiger partial charge on any atom is 0.232 e. The third-order valence-corrected chi connectivity index (χ3v) is 4.79. The van der Waals surface area contributed by atoms with Gasteiger partial charge in [-0.2, -0.15) is 5.26 Å². The molecule has 4 rings (SSSR count). The number of halogens is 1. The van der Waals surface area contributed by atoms with Gasteiger partial charge in [0.25, 0.3) is 0 Å². The van der Waals surface area contributed by atoms with E-state index in [1.54, 1.807) is 31.4 Å². The number of benzene rings is 3. The molecule has 4 aromatic rings. The standard InChI is InChI=1S/C24H19FN4O3/c1-30-16-5-3-15(4-6-16)14-32-17-7-8-21(19(25)11-17)28-20-9-10-22-24(18(20)12-26)29-23(31-2)13-27-22/h3-11,13,28H,14H2,1-2H3. The van der Waals surface area contributed by atoms with Gasteiger partial charge in [0.15, 0.2) is 0 Å². The Morgan fingerprint density at radius 1 is 0.969 bits per heavy atom. The minimum absolute atomic E-state index is 0.202. The molecule has 0 aliphatic carbocycles. The highest BCUT2D eigenvalue weighted by atomic mass is 19.1. The number of aromatic nitrogens is 2. The second-order valence-corrected chi connectivity index (χ2v) is 6.78. The first-order valence-corrected chi connectivity index (χ1v) is 9.67. The van der Waals surface area contributed by atoms with E-state index in [4.69, 9.17) is 14.2 Å². The second kappa shape index (κ2) is 9.18. The summed E-state index contributed by atoms with van der Waals surface area (Å²) in [5, 5.41) is 12.6. The normalized spacial score (nSPS) is 10.4. The van der Waals surface area contributed by atoms with Crippen molar-refractivity contribution < 1.29 is 18.6 Å². The van der Waals surface area contributed by atoms with Crippen LogP contribution in [-0.4, -0.2) is 24.2 Å². The van der Waals surface area contributed by atoms with E-state index < -0.39 is 5.82 Å². The molecule has 0 unspecified atom stereocenters. The Labute approximate surface area is 184 Å². The van der Waals surface area contributed by atoms with Crippen LogP contribution in [0.1, 0.15) is 11.1 Å². The third kappa shape index (κ3) is 4.37. The summed E-state index contributed by atoms with van der Waals surface area (Å²) < 4.78 is 30.7. The van der Waals surface area contributed by atoms with Gasteiger partial charge in [-0.25, -0.2) is 14.4 Å². The first-order valence-electron chi connectivity index (χ1n) is 9.67. The van der Waals surface area contributed by atoms with Crippen LogP contribution in [0.25, 0.3) is 11.0 Å². The largest absolute Gasteiger partial charge is 0.497 e. The Morgan fingerprint density at radius 2 is 1.72 bits per heavy atom. The Hall–Kier alpha value is -4.38. The van der Waals surface area contributed by atoms with Gasteiger partial charge in [-0.1, -0.05) is 12.1 Å². The van der Waals surface area contributed by atoms with Gasteiger partial charge in [-0.05, 0) is 42.0 Å². The zero-order chi connectivity index (χ0) is 22.5. The van der Waals surface area contributed by atoms with Crippen LogP contribution in [0, 0.1) is 17.1 Å². The molecule has 0 saturated carbocycles. The SMILES string of the molecule is COc1ccc(COc2ccc(Nc3ccc4ncc(OC)nc4c3C#N)c(F)c2)cc1. The van der Waals surface area contributed by atoms with E-state index in [9.17, 15) is 9.65 Å². The molecule has 0 fully saturated rings. The van der Waals surface area contributed by atoms with E-state index in [1.165, 1.54) is 19.4 Å². The number of methoxy groups -OCH3 is 2. The number of nitrogens with zero attached hydrogens (tertiary/aromatic N) is 3. The van der Waals surface area contributed by atoms with E-state index in [2.05, 4.69) is 21.4 Å². The van der Waals surface area contributed by atoms with Crippen molar-refractivity contribution >= 4 is 22.4 Å². The molecule has 160 valence electrons. The molecule has 0 spiro atoms. The average Bonchev–Trinajstić information content (AvgIpc) is 2.84. The number of nitrogens with one attached hydrogen (secondary N) is 1. The lowest BCUT2D eigenvalue weighted by Crippen LogP contribution is -2.00. The van der Waals surface area contributed by atoms with Crippen molar-refractivity contribution in [3.05, 3.63) is 77.7 Å². The zero-order valence-electron chi connectivity index (χ0n) is 17.4. The number of fused-ring (bicyclic) bond motifs is 1. The fourth-order valence-corrected chi connectivity index (χ4v) is 3.10. The molecule has 0 saturated heterocycles. The lowest BCUT2D eigenvalue weighted by Gasteiger charge is -2.13. The quantitative estimate of drug-likeness (QED) is 0.442. The van der Waals surface area contributed by atoms with Gasteiger partial charge in [-0.3, -0.25) is 0 Å². The summed E-state index contributed by atoms with van der Waals surface area (Å²) in [4.78, 5) is 8.53. The van der Waals surface area contributed by atoms with E-state index in [0.717, 1.165) is 11.3 Å². The molecule has 0 radical (unpaired) electrons. The summed E-state index contributed by atoms with van der Waals surface area (Å²) in [6, 6.07) is 17.4. The van der Waals surface area contributed by atoms with Crippen molar-refractivity contribution in [1.82, 2.24) is 9.97 Å². The van der Waals surface area contributed by atoms with Crippen LogP contribution in [0.2, 0.25) is 0 Å². The molecule has 0 amide bonds. The highest BCUT2D eigenvalue weighted by molar-refractivity contribution is 5.88. The molecule has 1 heterocycles. The molecular formula is C24H19FN4O3. The molecule has 3 aromatic carbocycles. The van der Waals surface area contributed by atoms with Crippen molar-refractivity contribution in [2.75, 3.05) is 19.5 Å². The van der Waals surface area contributed by atoms with E-state index in [-0.39, 0.29) is 17.1 Å². The van der Waals surface area contributed by atoms with Crippen molar-refractivity contribution in [1.29, 1.82) is 5.26 Å². The summed E-state index contributed by atoms with van der Waals surface area (Å²) in [6.45, 7) is 0.292. The second-order valence-electron chi connectivity index (χ2n) is 6.78. The van der Waals surface area contributed by atoms with Gasteiger partial charge in [-0.15, -0.1) is 0 Å². The van der Waals surface area contributed by atoms with Gasteiger partial charge >= 0.3 is 0 Å². The van der Waals surface area contributed by atoms with E-state index in [0.29, 0.717) is 29.1 Å². The molecule has 1 aromatic heterocycles. The number of nitriles is 1. The topological polar surface area (TPSA) is 89.3 Å². The molecule has 8 heteroatoms. The van der Waals surface area contributed by atoms with Gasteiger partial charge in [0.1, 0.15) is 41.1 Å². The highest BCUT2D eigenvalue weighted by Crippen LogP contribution is 2.30. The van der Waals surface area contributed by atoms with Crippen LogP contribution < -0.4 is 19.5 Å². The van der Waals surface area contributed by atoms with Crippen molar-refractivity contribution in [3.63, 3.8) is 0 Å². The van der Waals surface area contributed by atoms with Crippen LogP contribution in [0.4, 0.5) is 15.8 Å². The molecular weight excluding hydrogens is 411 g/mol. The van der Waals surface area contributed by atoms with Gasteiger partial charge < -0.3 is 19.5 Å². The maximum atomic E-state index is 14.7. The van der Waals surface area contributed by atoms with E-state index in [1.807, 2.05) is 24.3 Å². The van der Waals surface area contributed by atoms with Crippen molar-refractivity contribution in [3.8, 4) is 23.4 Å². The monoisotopic (exact) mass is 430 g/mol. The van der Waals surface area contributed by atoms with Crippen molar-refractivity contribution in [2.24, 2.45) is 0 Å². The number of hydrogen-bond donors (Lipinski definition) is 1. The molecule has 0 bridgehead atoms. The summed E-state index contributed by atoms with van der Waals surface area (Å²) in [7, 11) is 3.07. The summed E-state index contributed by atoms with van der Waals surface area (Å²) in [6.07, 6.45) is 1.47. The van der Waals surface area contributed by atoms with Crippen LogP contribution in [0.15, 0.2) is 60.8 Å². The van der Waals surface area contributed by atoms with Gasteiger partial charge in [0.2, 0.25) is 5.88 Å². The molecule has 0 aliphatic heterocycles. The zero-order valence-corrected chi connectivity index (χ0v) is 17.4. The van der Waals surface area contributed by atoms with Crippen LogP contribution in [-0.2, 0) is 6.61 Å². The molecule has 0 atom stereocenters. The van der Waals surface area contributed by atoms with Crippen LogP contribution >= 0.6 is 0 Å². The van der Waals surface area contributed by atoms with Crippen LogP contribution in [0.5, 0.6) is 17.4 Å². The van der Waals surface area contributed by atoms with E-state index >= 15 is 0 Å². The summed E-state index contributed by atoms with van der Waals surface area (Å²) in [5.41, 5.74) is 2.70. The predicted octanol–water partition coefficient (Wildman–Crippen LogP) is 4.98. The highest BCUT2D eigenvalue weighted by Gasteiger charge is 2.13. The minimum atomic E-state index is -0.516. The summed E-state index contributed by atoms with van der Waals surface area (Å²) in [5.74, 6) is 0.914. The Bertz CT molecular complexity index is 1300. The first-order chi connectivity index (χ1) is 15.6. The minimum Gasteiger partial charge on any atom is -0.497 e. The number of anilines is 2. The fraction of sp³-hybridized carbons (Fsp3) is 0.125. The lowest BCUT2D eigenvalue weighted by atomic mass is 10.1. The smallest absolute Gasteiger partial charge is 0.232 e. The maximum absolute atomic E-state index is 14.7. The molecule has 7 nitrogen and oxygen atoms in total. The summed E-state index contributed by atoms with van der Waals surface area (Å²) >= 11 is 0. The lowest BCUT2D eigenvalue weighted by molar-refractivity contribution is 0.304. The number of ether oxygens (including phenoxy) is 3. The molecule has 1 N–H and O–H groups in total. The Morgan fingerprint density at radius 3 is 2.41 bits per heavy atom. The number of hydrogen-bond acceptors (Lipinski definition) is 7. The van der Waals surface area contributed by atoms with Gasteiger partial charge in [0.05, 0.1) is 37.3 Å². The van der Waals surface area contributed by atoms with Gasteiger partial charge in [0, 0.05) is 6.07 Å². The first kappa shape index (κ1) is 20.9. The average molecular weight is 430 g/mol. The van der Waals surface area contributed by atoms with Crippen LogP contribution in [0.3, 0.4) is 0 Å². The Balaban J connectivity index is 1.53.